The summed E-state index contributed by atoms with van der Waals surface area (Å²) in [5, 5.41) is 3.29. The summed E-state index contributed by atoms with van der Waals surface area (Å²) in [6.07, 6.45) is 0. The molecule has 0 aliphatic carbocycles. The van der Waals surface area contributed by atoms with Crippen molar-refractivity contribution in [2.75, 3.05) is 12.8 Å². The number of thioether (sulfide) groups is 1. The van der Waals surface area contributed by atoms with Gasteiger partial charge in [0.1, 0.15) is 0 Å². The lowest BCUT2D eigenvalue weighted by Crippen LogP contribution is -2.19. The molecule has 0 saturated carbocycles. The summed E-state index contributed by atoms with van der Waals surface area (Å²) in [5.74, 6) is -0.849. The minimum atomic E-state index is -0.806. The number of rotatable bonds is 5. The molecule has 2 aromatic carbocycles. The van der Waals surface area contributed by atoms with E-state index in [-0.39, 0.29) is 6.04 Å². The van der Waals surface area contributed by atoms with Gasteiger partial charge in [-0.25, -0.2) is 8.78 Å². The Morgan fingerprint density at radius 1 is 1.05 bits per heavy atom. The van der Waals surface area contributed by atoms with Gasteiger partial charge in [0, 0.05) is 16.7 Å². The third-order valence-electron chi connectivity index (χ3n) is 3.47. The van der Waals surface area contributed by atoms with Crippen LogP contribution in [0.25, 0.3) is 0 Å². The second-order valence-electron chi connectivity index (χ2n) is 5.09. The maximum atomic E-state index is 13.2. The van der Waals surface area contributed by atoms with E-state index >= 15 is 0 Å². The van der Waals surface area contributed by atoms with Gasteiger partial charge < -0.3 is 5.32 Å². The van der Waals surface area contributed by atoms with Crippen molar-refractivity contribution in [3.8, 4) is 0 Å². The number of aryl methyl sites for hydroxylation is 2. The highest BCUT2D eigenvalue weighted by Crippen LogP contribution is 2.27. The van der Waals surface area contributed by atoms with Gasteiger partial charge in [0.2, 0.25) is 0 Å². The van der Waals surface area contributed by atoms with Crippen molar-refractivity contribution in [3.05, 3.63) is 64.7 Å². The van der Waals surface area contributed by atoms with Crippen LogP contribution in [0, 0.1) is 25.5 Å². The van der Waals surface area contributed by atoms with Crippen molar-refractivity contribution in [3.63, 3.8) is 0 Å². The zero-order valence-electron chi connectivity index (χ0n) is 12.4. The molecule has 0 saturated heterocycles. The average molecular weight is 307 g/mol. The van der Waals surface area contributed by atoms with Gasteiger partial charge in [-0.1, -0.05) is 23.8 Å². The Kier molecular flexibility index (Phi) is 5.37. The summed E-state index contributed by atoms with van der Waals surface area (Å²) in [6.45, 7) is 4.15. The van der Waals surface area contributed by atoms with Crippen LogP contribution in [0.4, 0.5) is 8.78 Å². The number of hydrogen-bond donors (Lipinski definition) is 1. The Labute approximate surface area is 128 Å². The topological polar surface area (TPSA) is 12.0 Å². The van der Waals surface area contributed by atoms with E-state index in [1.165, 1.54) is 40.6 Å². The molecular formula is C17H19F2NS. The Morgan fingerprint density at radius 2 is 1.81 bits per heavy atom. The molecule has 1 N–H and O–H groups in total. The van der Waals surface area contributed by atoms with Crippen LogP contribution in [0.1, 0.15) is 22.7 Å². The molecule has 0 heterocycles. The van der Waals surface area contributed by atoms with Crippen LogP contribution in [-0.2, 0) is 0 Å². The Morgan fingerprint density at radius 3 is 2.48 bits per heavy atom. The van der Waals surface area contributed by atoms with E-state index in [0.29, 0.717) is 0 Å². The van der Waals surface area contributed by atoms with Crippen molar-refractivity contribution in [1.29, 1.82) is 0 Å². The Bertz CT molecular complexity index is 628. The van der Waals surface area contributed by atoms with Gasteiger partial charge in [0.15, 0.2) is 11.6 Å². The van der Waals surface area contributed by atoms with Crippen LogP contribution in [0.5, 0.6) is 0 Å². The van der Waals surface area contributed by atoms with Crippen LogP contribution in [-0.4, -0.2) is 12.8 Å². The van der Waals surface area contributed by atoms with E-state index in [1.54, 1.807) is 6.07 Å². The summed E-state index contributed by atoms with van der Waals surface area (Å²) in [4.78, 5) is 0.736. The lowest BCUT2D eigenvalue weighted by molar-refractivity contribution is 0.506. The minimum Gasteiger partial charge on any atom is -0.312 e. The van der Waals surface area contributed by atoms with Crippen LogP contribution < -0.4 is 5.32 Å². The summed E-state index contributed by atoms with van der Waals surface area (Å²) in [5.41, 5.74) is 3.69. The Balaban J connectivity index is 2.12. The van der Waals surface area contributed by atoms with Crippen molar-refractivity contribution in [2.24, 2.45) is 0 Å². The molecule has 0 bridgehead atoms. The van der Waals surface area contributed by atoms with Gasteiger partial charge in [0.05, 0.1) is 0 Å². The maximum Gasteiger partial charge on any atom is 0.159 e. The standard InChI is InChI=1S/C17H19F2NS/c1-11-4-5-12(2)14(8-11)17(20-3)10-21-13-6-7-15(18)16(19)9-13/h4-9,17,20H,10H2,1-3H3. The predicted octanol–water partition coefficient (Wildman–Crippen LogP) is 4.63. The van der Waals surface area contributed by atoms with E-state index in [0.717, 1.165) is 10.6 Å². The van der Waals surface area contributed by atoms with Gasteiger partial charge in [-0.3, -0.25) is 0 Å². The zero-order valence-corrected chi connectivity index (χ0v) is 13.2. The molecule has 4 heteroatoms. The largest absolute Gasteiger partial charge is 0.312 e. The Hall–Kier alpha value is -1.39. The minimum absolute atomic E-state index is 0.169. The second kappa shape index (κ2) is 7.05. The predicted molar refractivity (Wildman–Crippen MR) is 84.8 cm³/mol. The lowest BCUT2D eigenvalue weighted by Gasteiger charge is -2.19. The second-order valence-corrected chi connectivity index (χ2v) is 6.18. The molecule has 21 heavy (non-hydrogen) atoms. The molecule has 2 aromatic rings. The molecule has 2 rings (SSSR count). The normalized spacial score (nSPS) is 12.4. The first-order valence-electron chi connectivity index (χ1n) is 6.83. The van der Waals surface area contributed by atoms with Crippen LogP contribution >= 0.6 is 11.8 Å². The van der Waals surface area contributed by atoms with Crippen LogP contribution in [0.2, 0.25) is 0 Å². The molecule has 0 fully saturated rings. The molecule has 0 radical (unpaired) electrons. The summed E-state index contributed by atoms with van der Waals surface area (Å²) < 4.78 is 26.2. The van der Waals surface area contributed by atoms with Crippen LogP contribution in [0.15, 0.2) is 41.3 Å². The molecule has 1 atom stereocenters. The van der Waals surface area contributed by atoms with Crippen molar-refractivity contribution in [1.82, 2.24) is 5.32 Å². The highest BCUT2D eigenvalue weighted by atomic mass is 32.2. The number of nitrogens with one attached hydrogen (secondary N) is 1. The average Bonchev–Trinajstić information content (AvgIpc) is 2.46. The summed E-state index contributed by atoms with van der Waals surface area (Å²) in [7, 11) is 1.91. The maximum absolute atomic E-state index is 13.2. The van der Waals surface area contributed by atoms with Crippen LogP contribution in [0.3, 0.4) is 0 Å². The first kappa shape index (κ1) is 16.0. The molecule has 1 nitrogen and oxygen atoms in total. The van der Waals surface area contributed by atoms with Gasteiger partial charge in [-0.15, -0.1) is 11.8 Å². The molecule has 0 aliphatic heterocycles. The van der Waals surface area contributed by atoms with E-state index in [4.69, 9.17) is 0 Å². The number of halogens is 2. The first-order chi connectivity index (χ1) is 10.0. The molecular weight excluding hydrogens is 288 g/mol. The van der Waals surface area contributed by atoms with Gasteiger partial charge in [-0.05, 0) is 50.2 Å². The van der Waals surface area contributed by atoms with Crippen molar-refractivity contribution >= 4 is 11.8 Å². The molecule has 0 aliphatic rings. The fourth-order valence-corrected chi connectivity index (χ4v) is 3.27. The molecule has 1 unspecified atom stereocenters. The van der Waals surface area contributed by atoms with Gasteiger partial charge in [-0.2, -0.15) is 0 Å². The quantitative estimate of drug-likeness (QED) is 0.808. The van der Waals surface area contributed by atoms with Gasteiger partial charge in [0.25, 0.3) is 0 Å². The number of hydrogen-bond acceptors (Lipinski definition) is 2. The summed E-state index contributed by atoms with van der Waals surface area (Å²) in [6, 6.07) is 10.6. The zero-order chi connectivity index (χ0) is 15.4. The molecule has 0 spiro atoms. The van der Waals surface area contributed by atoms with E-state index in [1.807, 2.05) is 7.05 Å². The van der Waals surface area contributed by atoms with E-state index < -0.39 is 11.6 Å². The SMILES string of the molecule is CNC(CSc1ccc(F)c(F)c1)c1cc(C)ccc1C. The summed E-state index contributed by atoms with van der Waals surface area (Å²) >= 11 is 1.52. The molecule has 112 valence electrons. The third kappa shape index (κ3) is 4.05. The van der Waals surface area contributed by atoms with Crippen molar-refractivity contribution < 1.29 is 8.78 Å². The molecule has 0 aromatic heterocycles. The van der Waals surface area contributed by atoms with E-state index in [2.05, 4.69) is 37.4 Å². The lowest BCUT2D eigenvalue weighted by atomic mass is 10.0. The van der Waals surface area contributed by atoms with Gasteiger partial charge >= 0.3 is 0 Å². The van der Waals surface area contributed by atoms with Crippen molar-refractivity contribution in [2.45, 2.75) is 24.8 Å². The first-order valence-corrected chi connectivity index (χ1v) is 7.82. The number of benzene rings is 2. The van der Waals surface area contributed by atoms with E-state index in [9.17, 15) is 8.78 Å². The monoisotopic (exact) mass is 307 g/mol. The molecule has 0 amide bonds. The smallest absolute Gasteiger partial charge is 0.159 e. The fraction of sp³-hybridized carbons (Fsp3) is 0.294. The third-order valence-corrected chi connectivity index (χ3v) is 4.55. The fourth-order valence-electron chi connectivity index (χ4n) is 2.21. The highest BCUT2D eigenvalue weighted by molar-refractivity contribution is 7.99. The highest BCUT2D eigenvalue weighted by Gasteiger charge is 2.13.